The largest absolute Gasteiger partial charge is 0.480 e. The monoisotopic (exact) mass is 335 g/mol. The molecule has 3 aromatic rings. The van der Waals surface area contributed by atoms with Gasteiger partial charge in [0, 0.05) is 23.7 Å². The van der Waals surface area contributed by atoms with Gasteiger partial charge in [-0.05, 0) is 30.7 Å². The van der Waals surface area contributed by atoms with Crippen molar-refractivity contribution in [1.29, 1.82) is 5.41 Å². The summed E-state index contributed by atoms with van der Waals surface area (Å²) >= 11 is 0. The molecule has 0 aliphatic rings. The Kier molecular flexibility index (Phi) is 4.79. The molecular weight excluding hydrogens is 318 g/mol. The van der Waals surface area contributed by atoms with Gasteiger partial charge in [0.05, 0.1) is 7.11 Å². The van der Waals surface area contributed by atoms with Crippen LogP contribution in [-0.4, -0.2) is 33.3 Å². The number of anilines is 4. The first-order valence-electron chi connectivity index (χ1n) is 7.53. The number of aromatic nitrogens is 4. The van der Waals surface area contributed by atoms with Crippen LogP contribution in [0.5, 0.6) is 5.88 Å². The Labute approximate surface area is 144 Å². The zero-order valence-electron chi connectivity index (χ0n) is 13.8. The Bertz CT molecular complexity index is 898. The lowest BCUT2D eigenvalue weighted by Crippen LogP contribution is -2.05. The molecule has 8 heteroatoms. The Morgan fingerprint density at radius 1 is 1.04 bits per heavy atom. The normalized spacial score (nSPS) is 10.2. The standard InChI is InChI=1S/C17H17N7O/c1-11-5-6-12(9-18)14(8-11)23-17-21-10-20-16(24-17)22-13-4-3-7-19-15(13)25-2/h3-10,18H,1-2H3,(H2,20,21,22,23,24). The first kappa shape index (κ1) is 16.3. The molecule has 2 heterocycles. The third-order valence-electron chi connectivity index (χ3n) is 3.39. The minimum atomic E-state index is 0.354. The maximum atomic E-state index is 7.51. The minimum absolute atomic E-state index is 0.354. The maximum absolute atomic E-state index is 7.51. The Morgan fingerprint density at radius 3 is 2.52 bits per heavy atom. The minimum Gasteiger partial charge on any atom is -0.480 e. The van der Waals surface area contributed by atoms with Crippen LogP contribution < -0.4 is 15.4 Å². The lowest BCUT2D eigenvalue weighted by atomic mass is 10.1. The van der Waals surface area contributed by atoms with Crippen LogP contribution in [0.2, 0.25) is 0 Å². The molecular formula is C17H17N7O. The van der Waals surface area contributed by atoms with Crippen molar-refractivity contribution < 1.29 is 4.74 Å². The predicted molar refractivity (Wildman–Crippen MR) is 96.2 cm³/mol. The number of hydrogen-bond acceptors (Lipinski definition) is 8. The number of ether oxygens (including phenoxy) is 1. The van der Waals surface area contributed by atoms with Gasteiger partial charge in [-0.2, -0.15) is 4.98 Å². The summed E-state index contributed by atoms with van der Waals surface area (Å²) in [7, 11) is 1.55. The summed E-state index contributed by atoms with van der Waals surface area (Å²) < 4.78 is 5.20. The van der Waals surface area contributed by atoms with Crippen molar-refractivity contribution in [3.63, 3.8) is 0 Å². The molecule has 1 aromatic carbocycles. The van der Waals surface area contributed by atoms with E-state index in [0.717, 1.165) is 16.8 Å². The van der Waals surface area contributed by atoms with Gasteiger partial charge in [0.25, 0.3) is 0 Å². The molecule has 0 saturated heterocycles. The predicted octanol–water partition coefficient (Wildman–Crippen LogP) is 3.07. The molecule has 0 saturated carbocycles. The summed E-state index contributed by atoms with van der Waals surface area (Å²) in [6.07, 6.45) is 4.32. The molecule has 0 fully saturated rings. The highest BCUT2D eigenvalue weighted by Gasteiger charge is 2.08. The number of aryl methyl sites for hydroxylation is 1. The van der Waals surface area contributed by atoms with E-state index in [9.17, 15) is 0 Å². The van der Waals surface area contributed by atoms with Gasteiger partial charge in [-0.15, -0.1) is 0 Å². The summed E-state index contributed by atoms with van der Waals surface area (Å²) in [4.78, 5) is 16.7. The van der Waals surface area contributed by atoms with Crippen molar-refractivity contribution in [2.75, 3.05) is 17.7 Å². The van der Waals surface area contributed by atoms with E-state index in [4.69, 9.17) is 10.1 Å². The lowest BCUT2D eigenvalue weighted by Gasteiger charge is -2.11. The van der Waals surface area contributed by atoms with Gasteiger partial charge in [-0.3, -0.25) is 0 Å². The zero-order chi connectivity index (χ0) is 17.6. The molecule has 2 aromatic heterocycles. The van der Waals surface area contributed by atoms with Gasteiger partial charge in [0.1, 0.15) is 12.0 Å². The van der Waals surface area contributed by atoms with Crippen molar-refractivity contribution in [2.24, 2.45) is 0 Å². The Balaban J connectivity index is 1.85. The van der Waals surface area contributed by atoms with E-state index in [1.807, 2.05) is 31.2 Å². The number of benzene rings is 1. The van der Waals surface area contributed by atoms with Crippen LogP contribution in [0.4, 0.5) is 23.3 Å². The van der Waals surface area contributed by atoms with Crippen molar-refractivity contribution in [2.45, 2.75) is 6.92 Å². The average molecular weight is 335 g/mol. The van der Waals surface area contributed by atoms with E-state index in [-0.39, 0.29) is 0 Å². The molecule has 25 heavy (non-hydrogen) atoms. The van der Waals surface area contributed by atoms with E-state index >= 15 is 0 Å². The molecule has 8 nitrogen and oxygen atoms in total. The summed E-state index contributed by atoms with van der Waals surface area (Å²) in [6, 6.07) is 9.35. The topological polar surface area (TPSA) is 109 Å². The molecule has 0 spiro atoms. The zero-order valence-corrected chi connectivity index (χ0v) is 13.8. The summed E-state index contributed by atoms with van der Waals surface area (Å²) in [5.41, 5.74) is 3.22. The maximum Gasteiger partial charge on any atom is 0.237 e. The first-order valence-corrected chi connectivity index (χ1v) is 7.53. The van der Waals surface area contributed by atoms with Crippen LogP contribution in [0.1, 0.15) is 11.1 Å². The van der Waals surface area contributed by atoms with E-state index in [0.29, 0.717) is 23.5 Å². The fourth-order valence-electron chi connectivity index (χ4n) is 2.21. The van der Waals surface area contributed by atoms with Gasteiger partial charge >= 0.3 is 0 Å². The quantitative estimate of drug-likeness (QED) is 0.594. The van der Waals surface area contributed by atoms with Gasteiger partial charge in [0.15, 0.2) is 0 Å². The van der Waals surface area contributed by atoms with Crippen molar-refractivity contribution in [1.82, 2.24) is 19.9 Å². The van der Waals surface area contributed by atoms with Crippen molar-refractivity contribution >= 4 is 29.5 Å². The summed E-state index contributed by atoms with van der Waals surface area (Å²) in [5, 5.41) is 13.7. The van der Waals surface area contributed by atoms with Crippen LogP contribution in [0, 0.1) is 12.3 Å². The number of nitrogens with zero attached hydrogens (tertiary/aromatic N) is 4. The molecule has 3 N–H and O–H groups in total. The lowest BCUT2D eigenvalue weighted by molar-refractivity contribution is 0.400. The number of nitrogens with one attached hydrogen (secondary N) is 3. The highest BCUT2D eigenvalue weighted by atomic mass is 16.5. The van der Waals surface area contributed by atoms with Gasteiger partial charge < -0.3 is 20.8 Å². The SMILES string of the molecule is COc1ncccc1Nc1ncnc(Nc2cc(C)ccc2C=N)n1. The van der Waals surface area contributed by atoms with Gasteiger partial charge in [-0.1, -0.05) is 12.1 Å². The molecule has 0 amide bonds. The second-order valence-electron chi connectivity index (χ2n) is 5.18. The van der Waals surface area contributed by atoms with E-state index in [1.54, 1.807) is 19.4 Å². The molecule has 3 rings (SSSR count). The van der Waals surface area contributed by atoms with E-state index in [2.05, 4.69) is 30.6 Å². The van der Waals surface area contributed by atoms with Crippen LogP contribution >= 0.6 is 0 Å². The highest BCUT2D eigenvalue weighted by Crippen LogP contribution is 2.24. The third kappa shape index (κ3) is 3.86. The smallest absolute Gasteiger partial charge is 0.237 e. The second kappa shape index (κ2) is 7.35. The molecule has 0 radical (unpaired) electrons. The molecule has 0 aliphatic heterocycles. The second-order valence-corrected chi connectivity index (χ2v) is 5.18. The fourth-order valence-corrected chi connectivity index (χ4v) is 2.21. The number of pyridine rings is 1. The van der Waals surface area contributed by atoms with Gasteiger partial charge in [0.2, 0.25) is 17.8 Å². The third-order valence-corrected chi connectivity index (χ3v) is 3.39. The molecule has 0 aliphatic carbocycles. The molecule has 126 valence electrons. The van der Waals surface area contributed by atoms with E-state index < -0.39 is 0 Å². The van der Waals surface area contributed by atoms with Crippen molar-refractivity contribution in [3.05, 3.63) is 54.0 Å². The van der Waals surface area contributed by atoms with Gasteiger partial charge in [-0.25, -0.2) is 15.0 Å². The van der Waals surface area contributed by atoms with Crippen LogP contribution in [0.15, 0.2) is 42.9 Å². The molecule has 0 unspecified atom stereocenters. The molecule has 0 bridgehead atoms. The summed E-state index contributed by atoms with van der Waals surface area (Å²) in [5.74, 6) is 1.17. The number of rotatable bonds is 6. The Hall–Kier alpha value is -3.55. The number of hydrogen-bond donors (Lipinski definition) is 3. The van der Waals surface area contributed by atoms with Crippen molar-refractivity contribution in [3.8, 4) is 5.88 Å². The summed E-state index contributed by atoms with van der Waals surface area (Å²) in [6.45, 7) is 1.98. The Morgan fingerprint density at radius 2 is 1.80 bits per heavy atom. The number of methoxy groups -OCH3 is 1. The fraction of sp³-hybridized carbons (Fsp3) is 0.118. The van der Waals surface area contributed by atoms with Crippen LogP contribution in [-0.2, 0) is 0 Å². The van der Waals surface area contributed by atoms with Crippen LogP contribution in [0.3, 0.4) is 0 Å². The van der Waals surface area contributed by atoms with E-state index in [1.165, 1.54) is 12.5 Å². The first-order chi connectivity index (χ1) is 12.2. The highest BCUT2D eigenvalue weighted by molar-refractivity contribution is 5.87. The average Bonchev–Trinajstić information content (AvgIpc) is 2.63. The van der Waals surface area contributed by atoms with Crippen LogP contribution in [0.25, 0.3) is 0 Å². The molecule has 0 atom stereocenters.